The topological polar surface area (TPSA) is 18.5 Å². The van der Waals surface area contributed by atoms with E-state index in [1.807, 2.05) is 6.92 Å². The van der Waals surface area contributed by atoms with Crippen molar-refractivity contribution in [3.8, 4) is 0 Å². The molecule has 1 radical (unpaired) electrons. The predicted molar refractivity (Wildman–Crippen MR) is 67.3 cm³/mol. The van der Waals surface area contributed by atoms with Crippen LogP contribution in [0.5, 0.6) is 0 Å². The Morgan fingerprint density at radius 3 is 2.20 bits per heavy atom. The van der Waals surface area contributed by atoms with Gasteiger partial charge in [-0.2, -0.15) is 0 Å². The van der Waals surface area contributed by atoms with Crippen LogP contribution >= 0.6 is 0 Å². The molecule has 0 atom stereocenters. The van der Waals surface area contributed by atoms with Gasteiger partial charge in [-0.05, 0) is 0 Å². The van der Waals surface area contributed by atoms with E-state index in [9.17, 15) is 0 Å². The summed E-state index contributed by atoms with van der Waals surface area (Å²) in [6.45, 7) is 14.7. The van der Waals surface area contributed by atoms with Crippen molar-refractivity contribution >= 4 is 14.7 Å². The third-order valence-electron chi connectivity index (χ3n) is 2.31. The van der Waals surface area contributed by atoms with Gasteiger partial charge in [-0.25, -0.2) is 0 Å². The molecule has 0 aliphatic rings. The average Bonchev–Trinajstić information content (AvgIpc) is 2.08. The number of ether oxygens (including phenoxy) is 1. The van der Waals surface area contributed by atoms with E-state index in [0.29, 0.717) is 11.0 Å². The summed E-state index contributed by atoms with van der Waals surface area (Å²) in [5.41, 5.74) is 0. The summed E-state index contributed by atoms with van der Waals surface area (Å²) >= 11 is -1.42. The molecule has 0 aromatic rings. The second-order valence-corrected chi connectivity index (χ2v) is 11.9. The van der Waals surface area contributed by atoms with E-state index in [2.05, 4.69) is 34.6 Å². The van der Waals surface area contributed by atoms with Gasteiger partial charge >= 0.3 is 100.0 Å². The quantitative estimate of drug-likeness (QED) is 0.399. The Morgan fingerprint density at radius 1 is 1.20 bits per heavy atom. The molecule has 0 amide bonds. The van der Waals surface area contributed by atoms with Gasteiger partial charge in [-0.3, -0.25) is 0 Å². The summed E-state index contributed by atoms with van der Waals surface area (Å²) in [4.78, 5) is 0. The fourth-order valence-corrected chi connectivity index (χ4v) is 6.30. The van der Waals surface area contributed by atoms with Gasteiger partial charge in [0, 0.05) is 0 Å². The molecule has 0 aromatic heterocycles. The van der Waals surface area contributed by atoms with Gasteiger partial charge in [0.15, 0.2) is 0 Å². The molecule has 3 heteroatoms. The number of hydrogen-bond donors (Lipinski definition) is 0. The second-order valence-electron chi connectivity index (χ2n) is 5.36. The monoisotopic (exact) mass is 277 g/mol. The van der Waals surface area contributed by atoms with Crippen LogP contribution < -0.4 is 0 Å². The van der Waals surface area contributed by atoms with E-state index in [-0.39, 0.29) is 0 Å². The second kappa shape index (κ2) is 7.69. The van der Waals surface area contributed by atoms with Crippen molar-refractivity contribution < 1.29 is 8.50 Å². The molecule has 0 aromatic carbocycles. The molecular formula is C12H27GeO2. The van der Waals surface area contributed by atoms with E-state index >= 15 is 0 Å². The van der Waals surface area contributed by atoms with Crippen molar-refractivity contribution in [2.45, 2.75) is 57.5 Å². The van der Waals surface area contributed by atoms with Crippen molar-refractivity contribution in [3.63, 3.8) is 0 Å². The average molecular weight is 276 g/mol. The van der Waals surface area contributed by atoms with Crippen molar-refractivity contribution in [1.29, 1.82) is 0 Å². The summed E-state index contributed by atoms with van der Waals surface area (Å²) in [7, 11) is 0. The molecular weight excluding hydrogens is 249 g/mol. The molecule has 0 saturated heterocycles. The molecule has 2 nitrogen and oxygen atoms in total. The molecule has 0 spiro atoms. The third-order valence-corrected chi connectivity index (χ3v) is 8.35. The van der Waals surface area contributed by atoms with Crippen LogP contribution in [0.2, 0.25) is 9.50 Å². The van der Waals surface area contributed by atoms with Crippen molar-refractivity contribution in [3.05, 3.63) is 0 Å². The van der Waals surface area contributed by atoms with Gasteiger partial charge < -0.3 is 0 Å². The maximum atomic E-state index is 5.94. The van der Waals surface area contributed by atoms with Crippen LogP contribution in [-0.2, 0) is 8.50 Å². The molecule has 0 rings (SSSR count). The fourth-order valence-electron chi connectivity index (χ4n) is 1.28. The van der Waals surface area contributed by atoms with Crippen molar-refractivity contribution in [1.82, 2.24) is 0 Å². The zero-order valence-electron chi connectivity index (χ0n) is 11.2. The molecule has 0 bridgehead atoms. The van der Waals surface area contributed by atoms with Gasteiger partial charge in [0.2, 0.25) is 0 Å². The fraction of sp³-hybridized carbons (Fsp3) is 1.00. The number of rotatable bonds is 7. The van der Waals surface area contributed by atoms with Crippen LogP contribution in [0, 0.1) is 5.92 Å². The van der Waals surface area contributed by atoms with E-state index in [0.717, 1.165) is 12.5 Å². The third kappa shape index (κ3) is 8.29. The van der Waals surface area contributed by atoms with E-state index in [1.165, 1.54) is 11.7 Å². The van der Waals surface area contributed by atoms with Gasteiger partial charge in [-0.1, -0.05) is 0 Å². The summed E-state index contributed by atoms with van der Waals surface area (Å²) in [6, 6.07) is 0. The summed E-state index contributed by atoms with van der Waals surface area (Å²) in [5.74, 6) is 0.783. The summed E-state index contributed by atoms with van der Waals surface area (Å²) in [6.07, 6.45) is 1.29. The molecule has 0 heterocycles. The molecule has 0 aliphatic heterocycles. The summed E-state index contributed by atoms with van der Waals surface area (Å²) < 4.78 is 11.6. The molecule has 0 fully saturated rings. The minimum atomic E-state index is -1.42. The Labute approximate surface area is 100 Å². The van der Waals surface area contributed by atoms with Crippen LogP contribution in [0.4, 0.5) is 0 Å². The first kappa shape index (κ1) is 15.5. The first-order chi connectivity index (χ1) is 6.88. The zero-order chi connectivity index (χ0) is 11.9. The Balaban J connectivity index is 3.96. The Morgan fingerprint density at radius 2 is 1.80 bits per heavy atom. The zero-order valence-corrected chi connectivity index (χ0v) is 13.3. The molecule has 0 unspecified atom stereocenters. The van der Waals surface area contributed by atoms with Crippen LogP contribution in [0.25, 0.3) is 0 Å². The molecule has 91 valence electrons. The van der Waals surface area contributed by atoms with Crippen LogP contribution in [0.15, 0.2) is 0 Å². The first-order valence-electron chi connectivity index (χ1n) is 5.94. The van der Waals surface area contributed by atoms with Crippen molar-refractivity contribution in [2.75, 3.05) is 13.4 Å². The van der Waals surface area contributed by atoms with E-state index < -0.39 is 14.7 Å². The van der Waals surface area contributed by atoms with E-state index in [1.54, 1.807) is 0 Å². The molecule has 0 N–H and O–H groups in total. The van der Waals surface area contributed by atoms with Gasteiger partial charge in [0.05, 0.1) is 0 Å². The normalized spacial score (nSPS) is 12.8. The standard InChI is InChI=1S/C12H27GeO2/c1-7-14-10-15-13(12(4,5)6)9-8-11(2)3/h11H,7-10H2,1-6H3. The number of hydrogen-bond acceptors (Lipinski definition) is 2. The Kier molecular flexibility index (Phi) is 7.93. The molecule has 0 aliphatic carbocycles. The van der Waals surface area contributed by atoms with Gasteiger partial charge in [-0.15, -0.1) is 0 Å². The maximum absolute atomic E-state index is 5.94. The summed E-state index contributed by atoms with van der Waals surface area (Å²) in [5, 5.41) is 1.29. The van der Waals surface area contributed by atoms with Crippen LogP contribution in [0.1, 0.15) is 48.0 Å². The van der Waals surface area contributed by atoms with Crippen LogP contribution in [-0.4, -0.2) is 28.1 Å². The van der Waals surface area contributed by atoms with Crippen molar-refractivity contribution in [2.24, 2.45) is 5.92 Å². The molecule has 15 heavy (non-hydrogen) atoms. The van der Waals surface area contributed by atoms with E-state index in [4.69, 9.17) is 8.50 Å². The SMILES string of the molecule is CCOC[O][Ge]([CH2]CC(C)C)[C](C)(C)C. The van der Waals surface area contributed by atoms with Gasteiger partial charge in [0.25, 0.3) is 0 Å². The predicted octanol–water partition coefficient (Wildman–Crippen LogP) is 3.83. The Bertz CT molecular complexity index is 152. The first-order valence-corrected chi connectivity index (χ1v) is 9.33. The minimum absolute atomic E-state index is 0.367. The molecule has 0 saturated carbocycles. The Hall–Kier alpha value is 0.463. The van der Waals surface area contributed by atoms with Crippen LogP contribution in [0.3, 0.4) is 0 Å². The van der Waals surface area contributed by atoms with Gasteiger partial charge in [0.1, 0.15) is 0 Å².